The van der Waals surface area contributed by atoms with Gasteiger partial charge in [-0.15, -0.1) is 0 Å². The first-order valence-corrected chi connectivity index (χ1v) is 14.8. The first kappa shape index (κ1) is 23.7. The summed E-state index contributed by atoms with van der Waals surface area (Å²) < 4.78 is 6.87. The Balaban J connectivity index is 1.34. The number of benzene rings is 6. The van der Waals surface area contributed by atoms with Crippen LogP contribution in [-0.4, -0.2) is 9.13 Å². The van der Waals surface area contributed by atoms with Crippen LogP contribution in [0.2, 0.25) is 0 Å². The molecule has 0 fully saturated rings. The van der Waals surface area contributed by atoms with Gasteiger partial charge in [0.1, 0.15) is 0 Å². The second kappa shape index (κ2) is 9.22. The molecule has 0 unspecified atom stereocenters. The van der Waals surface area contributed by atoms with Crippen LogP contribution in [0.3, 0.4) is 0 Å². The van der Waals surface area contributed by atoms with Crippen LogP contribution in [0.4, 0.5) is 0 Å². The van der Waals surface area contributed by atoms with Crippen LogP contribution in [0.5, 0.6) is 0 Å². The number of rotatable bonds is 3. The Morgan fingerprint density at radius 1 is 0.350 bits per heavy atom. The maximum Gasteiger partial charge on any atom is 0.0541 e. The van der Waals surface area contributed by atoms with Crippen LogP contribution in [-0.2, 0) is 0 Å². The molecule has 6 aromatic carbocycles. The van der Waals surface area contributed by atoms with Crippen molar-refractivity contribution in [3.8, 4) is 22.5 Å². The van der Waals surface area contributed by atoms with Crippen molar-refractivity contribution in [2.24, 2.45) is 0 Å². The molecule has 0 aliphatic carbocycles. The summed E-state index contributed by atoms with van der Waals surface area (Å²) in [6.07, 6.45) is 0. The molecule has 0 N–H and O–H groups in total. The fourth-order valence-corrected chi connectivity index (χ4v) is 6.57. The van der Waals surface area contributed by atoms with Crippen molar-refractivity contribution < 1.29 is 0 Å². The average Bonchev–Trinajstić information content (AvgIpc) is 3.50. The van der Waals surface area contributed by atoms with Crippen LogP contribution < -0.4 is 0 Å². The van der Waals surface area contributed by atoms with Crippen LogP contribution in [0.1, 0.15) is 0 Å². The van der Waals surface area contributed by atoms with Gasteiger partial charge in [0.2, 0.25) is 0 Å². The second-order valence-corrected chi connectivity index (χ2v) is 12.0. The van der Waals surface area contributed by atoms with Gasteiger partial charge < -0.3 is 9.13 Å². The molecule has 0 aliphatic rings. The van der Waals surface area contributed by atoms with Gasteiger partial charge in [-0.1, -0.05) is 80.4 Å². The van der Waals surface area contributed by atoms with Gasteiger partial charge in [-0.3, -0.25) is 0 Å². The first-order valence-electron chi connectivity index (χ1n) is 13.2. The lowest BCUT2D eigenvalue weighted by molar-refractivity contribution is 1.18. The van der Waals surface area contributed by atoms with Gasteiger partial charge in [-0.25, -0.2) is 0 Å². The second-order valence-electron chi connectivity index (χ2n) is 10.1. The predicted octanol–water partition coefficient (Wildman–Crippen LogP) is 11.1. The van der Waals surface area contributed by atoms with E-state index < -0.39 is 0 Å². The third-order valence-corrected chi connectivity index (χ3v) is 8.91. The lowest BCUT2D eigenvalue weighted by Crippen LogP contribution is -1.93. The van der Waals surface area contributed by atoms with E-state index in [1.807, 2.05) is 0 Å². The maximum atomic E-state index is 3.58. The third kappa shape index (κ3) is 3.67. The molecule has 2 nitrogen and oxygen atoms in total. The van der Waals surface area contributed by atoms with Gasteiger partial charge in [-0.2, -0.15) is 0 Å². The highest BCUT2D eigenvalue weighted by Gasteiger charge is 2.15. The largest absolute Gasteiger partial charge is 0.309 e. The SMILES string of the molecule is Brc1ccc(-n2c3ccccc3c3cc(-c4ccc5c(c4)c4ccccc4n5-c4ccc(Br)cc4)ccc32)cc1. The molecular formula is C36H22Br2N2. The van der Waals surface area contributed by atoms with Crippen molar-refractivity contribution in [3.05, 3.63) is 142 Å². The third-order valence-electron chi connectivity index (χ3n) is 7.85. The molecule has 0 atom stereocenters. The summed E-state index contributed by atoms with van der Waals surface area (Å²) in [6, 6.07) is 48.2. The minimum atomic E-state index is 1.08. The topological polar surface area (TPSA) is 9.86 Å². The summed E-state index contributed by atoms with van der Waals surface area (Å²) >= 11 is 7.16. The van der Waals surface area contributed by atoms with Crippen LogP contribution in [0, 0.1) is 0 Å². The van der Waals surface area contributed by atoms with Gasteiger partial charge in [0, 0.05) is 41.9 Å². The van der Waals surface area contributed by atoms with Crippen LogP contribution in [0.15, 0.2) is 142 Å². The molecule has 0 saturated carbocycles. The minimum Gasteiger partial charge on any atom is -0.309 e. The average molecular weight is 642 g/mol. The molecule has 0 spiro atoms. The molecule has 0 radical (unpaired) electrons. The molecule has 40 heavy (non-hydrogen) atoms. The van der Waals surface area contributed by atoms with E-state index in [1.165, 1.54) is 54.7 Å². The number of aromatic nitrogens is 2. The van der Waals surface area contributed by atoms with E-state index in [2.05, 4.69) is 174 Å². The Hall–Kier alpha value is -4.12. The summed E-state index contributed by atoms with van der Waals surface area (Å²) in [6.45, 7) is 0. The van der Waals surface area contributed by atoms with Crippen LogP contribution >= 0.6 is 31.9 Å². The van der Waals surface area contributed by atoms with Crippen molar-refractivity contribution >= 4 is 75.5 Å². The monoisotopic (exact) mass is 640 g/mol. The summed E-state index contributed by atoms with van der Waals surface area (Å²) in [5.74, 6) is 0. The quantitative estimate of drug-likeness (QED) is 0.182. The van der Waals surface area contributed by atoms with Gasteiger partial charge in [0.25, 0.3) is 0 Å². The number of fused-ring (bicyclic) bond motifs is 6. The molecule has 2 aromatic heterocycles. The highest BCUT2D eigenvalue weighted by atomic mass is 79.9. The molecule has 0 bridgehead atoms. The van der Waals surface area contributed by atoms with Gasteiger partial charge >= 0.3 is 0 Å². The molecule has 0 saturated heterocycles. The highest BCUT2D eigenvalue weighted by Crippen LogP contribution is 2.38. The van der Waals surface area contributed by atoms with Crippen molar-refractivity contribution in [3.63, 3.8) is 0 Å². The van der Waals surface area contributed by atoms with E-state index in [1.54, 1.807) is 0 Å². The Labute approximate surface area is 248 Å². The summed E-state index contributed by atoms with van der Waals surface area (Å²) in [5, 5.41) is 5.03. The van der Waals surface area contributed by atoms with Crippen LogP contribution in [0.25, 0.3) is 66.1 Å². The molecule has 8 aromatic rings. The summed E-state index contributed by atoms with van der Waals surface area (Å²) in [5.41, 5.74) is 9.59. The molecule has 2 heterocycles. The number of hydrogen-bond acceptors (Lipinski definition) is 0. The minimum absolute atomic E-state index is 1.08. The molecule has 4 heteroatoms. The highest BCUT2D eigenvalue weighted by molar-refractivity contribution is 9.10. The number of nitrogens with zero attached hydrogens (tertiary/aromatic N) is 2. The number of hydrogen-bond donors (Lipinski definition) is 0. The smallest absolute Gasteiger partial charge is 0.0541 e. The molecular weight excluding hydrogens is 620 g/mol. The zero-order valence-electron chi connectivity index (χ0n) is 21.4. The summed E-state index contributed by atoms with van der Waals surface area (Å²) in [4.78, 5) is 0. The first-order chi connectivity index (χ1) is 19.7. The fourth-order valence-electron chi connectivity index (χ4n) is 6.04. The van der Waals surface area contributed by atoms with E-state index in [9.17, 15) is 0 Å². The lowest BCUT2D eigenvalue weighted by Gasteiger charge is -2.09. The van der Waals surface area contributed by atoms with Crippen molar-refractivity contribution in [2.45, 2.75) is 0 Å². The van der Waals surface area contributed by atoms with Crippen molar-refractivity contribution in [1.29, 1.82) is 0 Å². The lowest BCUT2D eigenvalue weighted by atomic mass is 10.0. The van der Waals surface area contributed by atoms with Crippen molar-refractivity contribution in [2.75, 3.05) is 0 Å². The fraction of sp³-hybridized carbons (Fsp3) is 0. The number of halogens is 2. The molecule has 190 valence electrons. The molecule has 0 aliphatic heterocycles. The normalized spacial score (nSPS) is 11.8. The van der Waals surface area contributed by atoms with Gasteiger partial charge in [0.05, 0.1) is 22.1 Å². The Bertz CT molecular complexity index is 2060. The zero-order chi connectivity index (χ0) is 26.8. The Kier molecular flexibility index (Phi) is 5.48. The van der Waals surface area contributed by atoms with E-state index in [0.29, 0.717) is 0 Å². The molecule has 0 amide bonds. The molecule has 8 rings (SSSR count). The standard InChI is InChI=1S/C36H22Br2N2/c37-25-11-15-27(16-12-25)39-33-7-3-1-5-29(33)31-21-23(9-19-35(31)39)24-10-20-36-32(22-24)30-6-2-4-8-34(30)40(36)28-17-13-26(38)14-18-28/h1-22H. The maximum absolute atomic E-state index is 3.58. The van der Waals surface area contributed by atoms with Gasteiger partial charge in [0.15, 0.2) is 0 Å². The zero-order valence-corrected chi connectivity index (χ0v) is 24.5. The van der Waals surface area contributed by atoms with E-state index in [4.69, 9.17) is 0 Å². The van der Waals surface area contributed by atoms with Crippen molar-refractivity contribution in [1.82, 2.24) is 9.13 Å². The van der Waals surface area contributed by atoms with E-state index in [0.717, 1.165) is 20.3 Å². The Morgan fingerprint density at radius 3 is 1.15 bits per heavy atom. The van der Waals surface area contributed by atoms with E-state index in [-0.39, 0.29) is 0 Å². The van der Waals surface area contributed by atoms with E-state index >= 15 is 0 Å². The predicted molar refractivity (Wildman–Crippen MR) is 176 cm³/mol. The van der Waals surface area contributed by atoms with Gasteiger partial charge in [-0.05, 0) is 96.1 Å². The number of para-hydroxylation sites is 2. The Morgan fingerprint density at radius 2 is 0.725 bits per heavy atom. The summed E-state index contributed by atoms with van der Waals surface area (Å²) in [7, 11) is 0.